The van der Waals surface area contributed by atoms with E-state index in [1.54, 1.807) is 22.7 Å². The van der Waals surface area contributed by atoms with Gasteiger partial charge in [0.05, 0.1) is 17.4 Å². The van der Waals surface area contributed by atoms with Gasteiger partial charge in [-0.2, -0.15) is 5.10 Å². The Morgan fingerprint density at radius 3 is 2.67 bits per heavy atom. The largest absolute Gasteiger partial charge is 0.257 e. The van der Waals surface area contributed by atoms with Gasteiger partial charge in [-0.1, -0.05) is 34.1 Å². The predicted octanol–water partition coefficient (Wildman–Crippen LogP) is 6.59. The van der Waals surface area contributed by atoms with Crippen LogP contribution in [0.25, 0.3) is 6.08 Å². The van der Waals surface area contributed by atoms with E-state index in [0.29, 0.717) is 0 Å². The normalized spacial score (nSPS) is 17.6. The second kappa shape index (κ2) is 7.05. The molecule has 0 saturated heterocycles. The molecule has 0 aliphatic carbocycles. The molecule has 1 aliphatic rings. The number of nitrogens with zero attached hydrogens (tertiary/aromatic N) is 2. The van der Waals surface area contributed by atoms with Crippen molar-refractivity contribution in [2.45, 2.75) is 12.5 Å². The monoisotopic (exact) mass is 414 g/mol. The third-order valence-electron chi connectivity index (χ3n) is 3.86. The third kappa shape index (κ3) is 3.38. The Morgan fingerprint density at radius 1 is 1.04 bits per heavy atom. The summed E-state index contributed by atoms with van der Waals surface area (Å²) in [7, 11) is 0. The number of hydrazone groups is 1. The van der Waals surface area contributed by atoms with Gasteiger partial charge in [0.25, 0.3) is 0 Å². The van der Waals surface area contributed by atoms with Gasteiger partial charge in [-0.3, -0.25) is 5.01 Å². The highest BCUT2D eigenvalue weighted by Gasteiger charge is 2.28. The molecule has 5 heteroatoms. The highest BCUT2D eigenvalue weighted by atomic mass is 79.9. The minimum atomic E-state index is 0.266. The van der Waals surface area contributed by atoms with Gasteiger partial charge in [0.15, 0.2) is 0 Å². The van der Waals surface area contributed by atoms with E-state index in [1.165, 1.54) is 9.75 Å². The topological polar surface area (TPSA) is 15.6 Å². The Morgan fingerprint density at radius 2 is 1.92 bits per heavy atom. The van der Waals surface area contributed by atoms with Crippen LogP contribution in [0.5, 0.6) is 0 Å². The Labute approximate surface area is 157 Å². The number of hydrogen-bond acceptors (Lipinski definition) is 4. The van der Waals surface area contributed by atoms with Crippen molar-refractivity contribution in [1.82, 2.24) is 0 Å². The van der Waals surface area contributed by atoms with Crippen molar-refractivity contribution in [3.05, 3.63) is 79.6 Å². The predicted molar refractivity (Wildman–Crippen MR) is 109 cm³/mol. The van der Waals surface area contributed by atoms with Crippen LogP contribution in [0.15, 0.2) is 74.9 Å². The first-order chi connectivity index (χ1) is 11.8. The number of rotatable bonds is 4. The van der Waals surface area contributed by atoms with E-state index < -0.39 is 0 Å². The van der Waals surface area contributed by atoms with Crippen LogP contribution in [0.3, 0.4) is 0 Å². The van der Waals surface area contributed by atoms with Gasteiger partial charge < -0.3 is 0 Å². The first-order valence-electron chi connectivity index (χ1n) is 7.67. The Kier molecular flexibility index (Phi) is 4.65. The molecular formula is C19H15BrN2S2. The lowest BCUT2D eigenvalue weighted by Gasteiger charge is -2.22. The van der Waals surface area contributed by atoms with Crippen molar-refractivity contribution in [3.63, 3.8) is 0 Å². The first kappa shape index (κ1) is 15.8. The second-order valence-corrected chi connectivity index (χ2v) is 8.37. The third-order valence-corrected chi connectivity index (χ3v) is 6.17. The summed E-state index contributed by atoms with van der Waals surface area (Å²) in [6.45, 7) is 0. The van der Waals surface area contributed by atoms with Crippen LogP contribution in [0.2, 0.25) is 0 Å². The van der Waals surface area contributed by atoms with E-state index in [2.05, 4.69) is 86.3 Å². The summed E-state index contributed by atoms with van der Waals surface area (Å²) in [6.07, 6.45) is 5.22. The number of hydrogen-bond donors (Lipinski definition) is 0. The zero-order chi connectivity index (χ0) is 16.4. The summed E-state index contributed by atoms with van der Waals surface area (Å²) in [6, 6.07) is 17.1. The quantitative estimate of drug-likeness (QED) is 0.469. The van der Waals surface area contributed by atoms with Crippen LogP contribution in [0.4, 0.5) is 5.69 Å². The van der Waals surface area contributed by atoms with E-state index in [0.717, 1.165) is 22.3 Å². The maximum Gasteiger partial charge on any atom is 0.0923 e. The summed E-state index contributed by atoms with van der Waals surface area (Å²) >= 11 is 7.10. The molecule has 0 spiro atoms. The fraction of sp³-hybridized carbons (Fsp3) is 0.105. The molecule has 2 aromatic heterocycles. The molecule has 0 bridgehead atoms. The number of thiophene rings is 2. The van der Waals surface area contributed by atoms with Gasteiger partial charge in [-0.15, -0.1) is 22.7 Å². The number of halogens is 1. The molecule has 0 unspecified atom stereocenters. The molecule has 3 aromatic rings. The van der Waals surface area contributed by atoms with Crippen molar-refractivity contribution in [1.29, 1.82) is 0 Å². The first-order valence-corrected chi connectivity index (χ1v) is 10.2. The zero-order valence-electron chi connectivity index (χ0n) is 12.8. The van der Waals surface area contributed by atoms with E-state index in [1.807, 2.05) is 6.07 Å². The fourth-order valence-corrected chi connectivity index (χ4v) is 4.57. The van der Waals surface area contributed by atoms with Crippen molar-refractivity contribution in [3.8, 4) is 0 Å². The minimum Gasteiger partial charge on any atom is -0.257 e. The van der Waals surface area contributed by atoms with E-state index in [9.17, 15) is 0 Å². The lowest BCUT2D eigenvalue weighted by Crippen LogP contribution is -2.17. The van der Waals surface area contributed by atoms with Gasteiger partial charge in [0.1, 0.15) is 0 Å². The average molecular weight is 415 g/mol. The average Bonchev–Trinajstić information content (AvgIpc) is 3.33. The van der Waals surface area contributed by atoms with Gasteiger partial charge in [0.2, 0.25) is 0 Å². The molecular weight excluding hydrogens is 400 g/mol. The van der Waals surface area contributed by atoms with Gasteiger partial charge in [-0.05, 0) is 53.2 Å². The van der Waals surface area contributed by atoms with Crippen LogP contribution in [-0.4, -0.2) is 5.71 Å². The van der Waals surface area contributed by atoms with Crippen molar-refractivity contribution < 1.29 is 0 Å². The number of allylic oxidation sites excluding steroid dienone is 1. The van der Waals surface area contributed by atoms with Crippen LogP contribution >= 0.6 is 38.6 Å². The molecule has 24 heavy (non-hydrogen) atoms. The molecule has 0 radical (unpaired) electrons. The Bertz CT molecular complexity index is 867. The van der Waals surface area contributed by atoms with Crippen LogP contribution in [-0.2, 0) is 0 Å². The molecule has 0 fully saturated rings. The lowest BCUT2D eigenvalue weighted by molar-refractivity contribution is 0.722. The fourth-order valence-electron chi connectivity index (χ4n) is 2.76. The van der Waals surface area contributed by atoms with E-state index in [-0.39, 0.29) is 6.04 Å². The summed E-state index contributed by atoms with van der Waals surface area (Å²) in [4.78, 5) is 2.60. The molecule has 1 aromatic carbocycles. The van der Waals surface area contributed by atoms with Gasteiger partial charge in [0, 0.05) is 20.6 Å². The maximum absolute atomic E-state index is 4.89. The summed E-state index contributed by atoms with van der Waals surface area (Å²) in [5, 5.41) is 11.3. The molecule has 4 rings (SSSR count). The van der Waals surface area contributed by atoms with Crippen molar-refractivity contribution in [2.24, 2.45) is 5.10 Å². The van der Waals surface area contributed by atoms with E-state index in [4.69, 9.17) is 5.10 Å². The highest BCUT2D eigenvalue weighted by molar-refractivity contribution is 9.10. The second-order valence-electron chi connectivity index (χ2n) is 5.50. The Balaban J connectivity index is 1.66. The Hall–Kier alpha value is -1.69. The molecule has 3 heterocycles. The summed E-state index contributed by atoms with van der Waals surface area (Å²) < 4.78 is 1.07. The molecule has 1 atom stereocenters. The van der Waals surface area contributed by atoms with Crippen LogP contribution in [0.1, 0.15) is 22.2 Å². The lowest BCUT2D eigenvalue weighted by atomic mass is 10.1. The molecule has 1 aliphatic heterocycles. The smallest absolute Gasteiger partial charge is 0.0923 e. The van der Waals surface area contributed by atoms with Gasteiger partial charge >= 0.3 is 0 Å². The highest BCUT2D eigenvalue weighted by Crippen LogP contribution is 2.38. The van der Waals surface area contributed by atoms with Crippen LogP contribution in [0, 0.1) is 0 Å². The molecule has 0 amide bonds. The van der Waals surface area contributed by atoms with Crippen molar-refractivity contribution in [2.75, 3.05) is 5.01 Å². The molecule has 120 valence electrons. The van der Waals surface area contributed by atoms with E-state index >= 15 is 0 Å². The molecule has 0 N–H and O–H groups in total. The number of anilines is 1. The van der Waals surface area contributed by atoms with Gasteiger partial charge in [-0.25, -0.2) is 0 Å². The molecule has 0 saturated carbocycles. The summed E-state index contributed by atoms with van der Waals surface area (Å²) in [5.74, 6) is 0. The van der Waals surface area contributed by atoms with Crippen molar-refractivity contribution >= 4 is 56.1 Å². The SMILES string of the molecule is Brc1cccc(N2N=C(/C=C/c3cccs3)C[C@@H]2c2cccs2)c1. The standard InChI is InChI=1S/C19H15BrN2S2/c20-14-4-1-5-16(12-14)22-18(19-7-3-11-24-19)13-15(21-22)8-9-17-6-2-10-23-17/h1-12,18H,13H2/b9-8+/t18-/m1/s1. The minimum absolute atomic E-state index is 0.266. The van der Waals surface area contributed by atoms with Crippen LogP contribution < -0.4 is 5.01 Å². The summed E-state index contributed by atoms with van der Waals surface area (Å²) in [5.41, 5.74) is 2.23. The maximum atomic E-state index is 4.89. The zero-order valence-corrected chi connectivity index (χ0v) is 16.0. The molecule has 2 nitrogen and oxygen atoms in total. The number of benzene rings is 1.